The van der Waals surface area contributed by atoms with Gasteiger partial charge in [-0.3, -0.25) is 0 Å². The van der Waals surface area contributed by atoms with Crippen molar-refractivity contribution in [3.63, 3.8) is 0 Å². The van der Waals surface area contributed by atoms with E-state index in [2.05, 4.69) is 15.0 Å². The van der Waals surface area contributed by atoms with E-state index in [9.17, 15) is 4.79 Å². The van der Waals surface area contributed by atoms with E-state index in [1.807, 2.05) is 31.2 Å². The van der Waals surface area contributed by atoms with Crippen molar-refractivity contribution in [3.8, 4) is 5.75 Å². The Hall–Kier alpha value is -2.89. The van der Waals surface area contributed by atoms with Gasteiger partial charge in [0.1, 0.15) is 18.2 Å². The minimum absolute atomic E-state index is 0.177. The summed E-state index contributed by atoms with van der Waals surface area (Å²) in [5.41, 5.74) is 2.55. The van der Waals surface area contributed by atoms with Crippen molar-refractivity contribution >= 4 is 17.1 Å². The van der Waals surface area contributed by atoms with Gasteiger partial charge in [-0.05, 0) is 30.7 Å². The number of aryl methyl sites for hydroxylation is 1. The maximum absolute atomic E-state index is 12.1. The maximum atomic E-state index is 12.1. The Bertz CT molecular complexity index is 826. The Balaban J connectivity index is 1.72. The van der Waals surface area contributed by atoms with Crippen LogP contribution in [0.2, 0.25) is 0 Å². The Morgan fingerprint density at radius 3 is 3.00 bits per heavy atom. The first-order chi connectivity index (χ1) is 10.7. The van der Waals surface area contributed by atoms with Crippen LogP contribution in [0.25, 0.3) is 11.2 Å². The standard InChI is InChI=1S/C16H15N3O3/c1-10-18-14-7-12(8-17-15(14)19-10)16(20)22-9-11-4-3-5-13(6-11)21-2/h3-8H,9H2,1-2H3,(H,17,18,19). The highest BCUT2D eigenvalue weighted by atomic mass is 16.5. The molecule has 0 aliphatic carbocycles. The smallest absolute Gasteiger partial charge is 0.340 e. The highest BCUT2D eigenvalue weighted by Gasteiger charge is 2.11. The van der Waals surface area contributed by atoms with Crippen LogP contribution in [0.1, 0.15) is 21.7 Å². The van der Waals surface area contributed by atoms with Crippen molar-refractivity contribution in [3.05, 3.63) is 53.5 Å². The molecule has 0 fully saturated rings. The average molecular weight is 297 g/mol. The molecule has 112 valence electrons. The minimum Gasteiger partial charge on any atom is -0.497 e. The van der Waals surface area contributed by atoms with Gasteiger partial charge in [-0.2, -0.15) is 0 Å². The molecule has 3 aromatic rings. The molecule has 2 heterocycles. The number of rotatable bonds is 4. The quantitative estimate of drug-likeness (QED) is 0.749. The van der Waals surface area contributed by atoms with Crippen LogP contribution in [0.15, 0.2) is 36.5 Å². The number of pyridine rings is 1. The van der Waals surface area contributed by atoms with Crippen LogP contribution in [0.3, 0.4) is 0 Å². The Morgan fingerprint density at radius 2 is 2.18 bits per heavy atom. The van der Waals surface area contributed by atoms with E-state index in [0.29, 0.717) is 16.7 Å². The van der Waals surface area contributed by atoms with Crippen LogP contribution >= 0.6 is 0 Å². The molecule has 0 unspecified atom stereocenters. The number of imidazole rings is 1. The van der Waals surface area contributed by atoms with E-state index in [4.69, 9.17) is 9.47 Å². The van der Waals surface area contributed by atoms with E-state index in [0.717, 1.165) is 17.1 Å². The fourth-order valence-corrected chi connectivity index (χ4v) is 2.13. The van der Waals surface area contributed by atoms with Crippen LogP contribution in [0, 0.1) is 6.92 Å². The second-order valence-electron chi connectivity index (χ2n) is 4.85. The van der Waals surface area contributed by atoms with E-state index < -0.39 is 5.97 Å². The molecule has 0 spiro atoms. The van der Waals surface area contributed by atoms with E-state index in [-0.39, 0.29) is 6.61 Å². The summed E-state index contributed by atoms with van der Waals surface area (Å²) < 4.78 is 10.4. The summed E-state index contributed by atoms with van der Waals surface area (Å²) in [7, 11) is 1.60. The van der Waals surface area contributed by atoms with Gasteiger partial charge in [0.25, 0.3) is 0 Å². The number of carbonyl (C=O) groups is 1. The number of hydrogen-bond acceptors (Lipinski definition) is 5. The summed E-state index contributed by atoms with van der Waals surface area (Å²) >= 11 is 0. The largest absolute Gasteiger partial charge is 0.497 e. The molecule has 0 saturated carbocycles. The number of ether oxygens (including phenoxy) is 2. The monoisotopic (exact) mass is 297 g/mol. The molecule has 0 atom stereocenters. The third kappa shape index (κ3) is 2.90. The van der Waals surface area contributed by atoms with Crippen molar-refractivity contribution < 1.29 is 14.3 Å². The maximum Gasteiger partial charge on any atom is 0.340 e. The number of nitrogens with one attached hydrogen (secondary N) is 1. The van der Waals surface area contributed by atoms with Crippen molar-refractivity contribution in [1.29, 1.82) is 0 Å². The number of fused-ring (bicyclic) bond motifs is 1. The number of H-pyrrole nitrogens is 1. The zero-order valence-corrected chi connectivity index (χ0v) is 12.3. The predicted octanol–water partition coefficient (Wildman–Crippen LogP) is 2.63. The third-order valence-corrected chi connectivity index (χ3v) is 3.20. The molecule has 3 rings (SSSR count). The van der Waals surface area contributed by atoms with Crippen molar-refractivity contribution in [2.24, 2.45) is 0 Å². The van der Waals surface area contributed by atoms with Gasteiger partial charge in [-0.1, -0.05) is 12.1 Å². The first kappa shape index (κ1) is 14.1. The van der Waals surface area contributed by atoms with Crippen LogP contribution in [0.4, 0.5) is 0 Å². The Labute approximate surface area is 127 Å². The molecule has 6 nitrogen and oxygen atoms in total. The van der Waals surface area contributed by atoms with Crippen LogP contribution < -0.4 is 4.74 Å². The van der Waals surface area contributed by atoms with Gasteiger partial charge in [0.05, 0.1) is 18.2 Å². The van der Waals surface area contributed by atoms with Crippen LogP contribution in [0.5, 0.6) is 5.75 Å². The number of methoxy groups -OCH3 is 1. The van der Waals surface area contributed by atoms with Crippen molar-refractivity contribution in [1.82, 2.24) is 15.0 Å². The first-order valence-electron chi connectivity index (χ1n) is 6.78. The molecule has 0 bridgehead atoms. The first-order valence-corrected chi connectivity index (χ1v) is 6.78. The molecule has 22 heavy (non-hydrogen) atoms. The molecule has 1 N–H and O–H groups in total. The molecule has 0 radical (unpaired) electrons. The fourth-order valence-electron chi connectivity index (χ4n) is 2.13. The highest BCUT2D eigenvalue weighted by Crippen LogP contribution is 2.15. The lowest BCUT2D eigenvalue weighted by Gasteiger charge is -2.06. The topological polar surface area (TPSA) is 77.1 Å². The molecule has 0 saturated heterocycles. The lowest BCUT2D eigenvalue weighted by molar-refractivity contribution is 0.0472. The van der Waals surface area contributed by atoms with Gasteiger partial charge < -0.3 is 14.5 Å². The summed E-state index contributed by atoms with van der Waals surface area (Å²) in [6, 6.07) is 9.07. The number of hydrogen-bond donors (Lipinski definition) is 1. The van der Waals surface area contributed by atoms with Crippen LogP contribution in [-0.4, -0.2) is 28.0 Å². The van der Waals surface area contributed by atoms with Crippen LogP contribution in [-0.2, 0) is 11.3 Å². The minimum atomic E-state index is -0.426. The SMILES string of the molecule is COc1cccc(COC(=O)c2cnc3nc(C)[nH]c3c2)c1. The fraction of sp³-hybridized carbons (Fsp3) is 0.188. The summed E-state index contributed by atoms with van der Waals surface area (Å²) in [5, 5.41) is 0. The van der Waals surface area contributed by atoms with E-state index in [1.54, 1.807) is 13.2 Å². The number of aromatic amines is 1. The predicted molar refractivity (Wildman–Crippen MR) is 80.7 cm³/mol. The second kappa shape index (κ2) is 5.85. The molecule has 2 aromatic heterocycles. The zero-order valence-electron chi connectivity index (χ0n) is 12.3. The van der Waals surface area contributed by atoms with Gasteiger partial charge in [0.2, 0.25) is 0 Å². The number of benzene rings is 1. The summed E-state index contributed by atoms with van der Waals surface area (Å²) in [6.07, 6.45) is 1.47. The van der Waals surface area contributed by atoms with Gasteiger partial charge in [-0.25, -0.2) is 14.8 Å². The lowest BCUT2D eigenvalue weighted by Crippen LogP contribution is -2.06. The van der Waals surface area contributed by atoms with E-state index in [1.165, 1.54) is 6.20 Å². The number of esters is 1. The van der Waals surface area contributed by atoms with Gasteiger partial charge in [0, 0.05) is 6.20 Å². The normalized spacial score (nSPS) is 10.6. The molecular weight excluding hydrogens is 282 g/mol. The summed E-state index contributed by atoms with van der Waals surface area (Å²) in [5.74, 6) is 1.05. The number of carbonyl (C=O) groups excluding carboxylic acids is 1. The molecule has 0 aliphatic heterocycles. The molecule has 0 aliphatic rings. The molecule has 6 heteroatoms. The molecule has 0 amide bonds. The van der Waals surface area contributed by atoms with Crippen molar-refractivity contribution in [2.45, 2.75) is 13.5 Å². The summed E-state index contributed by atoms with van der Waals surface area (Å²) in [4.78, 5) is 23.5. The summed E-state index contributed by atoms with van der Waals surface area (Å²) in [6.45, 7) is 2.01. The Kier molecular flexibility index (Phi) is 3.74. The van der Waals surface area contributed by atoms with Gasteiger partial charge in [0.15, 0.2) is 5.65 Å². The molecular formula is C16H15N3O3. The van der Waals surface area contributed by atoms with Crippen molar-refractivity contribution in [2.75, 3.05) is 7.11 Å². The second-order valence-corrected chi connectivity index (χ2v) is 4.85. The number of nitrogens with zero attached hydrogens (tertiary/aromatic N) is 2. The van der Waals surface area contributed by atoms with Gasteiger partial charge >= 0.3 is 5.97 Å². The third-order valence-electron chi connectivity index (χ3n) is 3.20. The highest BCUT2D eigenvalue weighted by molar-refractivity contribution is 5.92. The van der Waals surface area contributed by atoms with Gasteiger partial charge in [-0.15, -0.1) is 0 Å². The Morgan fingerprint density at radius 1 is 1.32 bits per heavy atom. The van der Waals surface area contributed by atoms with E-state index >= 15 is 0 Å². The lowest BCUT2D eigenvalue weighted by atomic mass is 10.2. The molecule has 1 aromatic carbocycles. The zero-order chi connectivity index (χ0) is 15.5. The number of aromatic nitrogens is 3. The average Bonchev–Trinajstić information content (AvgIpc) is 2.91.